The highest BCUT2D eigenvalue weighted by molar-refractivity contribution is 9.10. The largest absolute Gasteiger partial charge is 0.381 e. The molecule has 5 heteroatoms. The summed E-state index contributed by atoms with van der Waals surface area (Å²) in [7, 11) is 0. The van der Waals surface area contributed by atoms with Crippen molar-refractivity contribution in [3.63, 3.8) is 0 Å². The van der Waals surface area contributed by atoms with Gasteiger partial charge in [-0.15, -0.1) is 0 Å². The molecular formula is C12H13BrFNO2. The van der Waals surface area contributed by atoms with Crippen LogP contribution in [0.1, 0.15) is 16.8 Å². The number of hydrogen-bond donors (Lipinski definition) is 1. The highest BCUT2D eigenvalue weighted by Gasteiger charge is 2.17. The Hall–Kier alpha value is -0.940. The summed E-state index contributed by atoms with van der Waals surface area (Å²) in [5.74, 6) is -0.161. The van der Waals surface area contributed by atoms with Gasteiger partial charge >= 0.3 is 0 Å². The average molecular weight is 302 g/mol. The molecular weight excluding hydrogens is 289 g/mol. The molecule has 3 nitrogen and oxygen atoms in total. The zero-order chi connectivity index (χ0) is 12.3. The number of amides is 1. The minimum absolute atomic E-state index is 0.183. The van der Waals surface area contributed by atoms with E-state index in [4.69, 9.17) is 4.74 Å². The molecule has 1 saturated heterocycles. The van der Waals surface area contributed by atoms with Crippen molar-refractivity contribution in [1.29, 1.82) is 0 Å². The topological polar surface area (TPSA) is 38.3 Å². The van der Waals surface area contributed by atoms with Crippen LogP contribution >= 0.6 is 15.9 Å². The first-order chi connectivity index (χ1) is 8.16. The van der Waals surface area contributed by atoms with Crippen LogP contribution < -0.4 is 5.32 Å². The predicted molar refractivity (Wildman–Crippen MR) is 65.4 cm³/mol. The minimum Gasteiger partial charge on any atom is -0.381 e. The molecule has 0 aromatic heterocycles. The molecule has 1 aromatic carbocycles. The molecule has 0 aliphatic carbocycles. The zero-order valence-electron chi connectivity index (χ0n) is 9.21. The molecule has 1 amide bonds. The van der Waals surface area contributed by atoms with E-state index in [2.05, 4.69) is 21.2 Å². The summed E-state index contributed by atoms with van der Waals surface area (Å²) in [5, 5.41) is 2.83. The Morgan fingerprint density at radius 1 is 1.59 bits per heavy atom. The van der Waals surface area contributed by atoms with Gasteiger partial charge in [-0.05, 0) is 40.5 Å². The summed E-state index contributed by atoms with van der Waals surface area (Å²) >= 11 is 3.06. The van der Waals surface area contributed by atoms with Crippen LogP contribution in [0.2, 0.25) is 0 Å². The average Bonchev–Trinajstić information content (AvgIpc) is 2.82. The summed E-state index contributed by atoms with van der Waals surface area (Å²) in [4.78, 5) is 11.8. The van der Waals surface area contributed by atoms with Crippen LogP contribution in [0.5, 0.6) is 0 Å². The summed E-state index contributed by atoms with van der Waals surface area (Å²) in [6.45, 7) is 2.07. The number of hydrogen-bond acceptors (Lipinski definition) is 2. The Bertz CT molecular complexity index is 419. The molecule has 0 radical (unpaired) electrons. The third-order valence-electron chi connectivity index (χ3n) is 2.76. The molecule has 1 aliphatic heterocycles. The summed E-state index contributed by atoms with van der Waals surface area (Å²) in [6.07, 6.45) is 0.980. The first kappa shape index (κ1) is 12.5. The van der Waals surface area contributed by atoms with Crippen molar-refractivity contribution in [2.75, 3.05) is 19.8 Å². The lowest BCUT2D eigenvalue weighted by atomic mass is 10.1. The van der Waals surface area contributed by atoms with Gasteiger partial charge < -0.3 is 10.1 Å². The fourth-order valence-electron chi connectivity index (χ4n) is 1.72. The van der Waals surface area contributed by atoms with Crippen molar-refractivity contribution in [2.24, 2.45) is 5.92 Å². The minimum atomic E-state index is -0.370. The first-order valence-corrected chi connectivity index (χ1v) is 6.27. The lowest BCUT2D eigenvalue weighted by Crippen LogP contribution is -2.29. The summed E-state index contributed by atoms with van der Waals surface area (Å²) < 4.78 is 18.5. The maximum Gasteiger partial charge on any atom is 0.251 e. The standard InChI is InChI=1S/C12H13BrFNO2/c13-10-5-9(1-2-11(10)14)12(16)15-6-8-3-4-17-7-8/h1-2,5,8H,3-4,6-7H2,(H,15,16). The van der Waals surface area contributed by atoms with E-state index in [1.165, 1.54) is 18.2 Å². The highest BCUT2D eigenvalue weighted by Crippen LogP contribution is 2.17. The molecule has 1 aliphatic rings. The van der Waals surface area contributed by atoms with Crippen LogP contribution in [-0.2, 0) is 4.74 Å². The van der Waals surface area contributed by atoms with Crippen LogP contribution in [0.4, 0.5) is 4.39 Å². The van der Waals surface area contributed by atoms with Crippen molar-refractivity contribution in [1.82, 2.24) is 5.32 Å². The van der Waals surface area contributed by atoms with Gasteiger partial charge in [0, 0.05) is 24.6 Å². The van der Waals surface area contributed by atoms with Gasteiger partial charge in [-0.1, -0.05) is 0 Å². The van der Waals surface area contributed by atoms with Gasteiger partial charge in [-0.3, -0.25) is 4.79 Å². The second-order valence-corrected chi connectivity index (χ2v) is 4.92. The van der Waals surface area contributed by atoms with Crippen molar-refractivity contribution < 1.29 is 13.9 Å². The van der Waals surface area contributed by atoms with E-state index < -0.39 is 0 Å². The van der Waals surface area contributed by atoms with E-state index in [0.29, 0.717) is 29.1 Å². The quantitative estimate of drug-likeness (QED) is 0.931. The van der Waals surface area contributed by atoms with Crippen molar-refractivity contribution in [3.8, 4) is 0 Å². The number of halogens is 2. The molecule has 0 saturated carbocycles. The number of rotatable bonds is 3. The molecule has 1 N–H and O–H groups in total. The van der Waals surface area contributed by atoms with Gasteiger partial charge in [-0.2, -0.15) is 0 Å². The molecule has 1 atom stereocenters. The molecule has 0 spiro atoms. The number of benzene rings is 1. The molecule has 1 heterocycles. The first-order valence-electron chi connectivity index (χ1n) is 5.48. The maximum atomic E-state index is 13.0. The van der Waals surface area contributed by atoms with E-state index in [1.54, 1.807) is 0 Å². The van der Waals surface area contributed by atoms with E-state index in [-0.39, 0.29) is 11.7 Å². The molecule has 92 valence electrons. The van der Waals surface area contributed by atoms with Gasteiger partial charge in [0.2, 0.25) is 0 Å². The van der Waals surface area contributed by atoms with Gasteiger partial charge in [0.1, 0.15) is 5.82 Å². The molecule has 2 rings (SSSR count). The smallest absolute Gasteiger partial charge is 0.251 e. The molecule has 1 aromatic rings. The van der Waals surface area contributed by atoms with Crippen LogP contribution in [0.3, 0.4) is 0 Å². The Labute approximate surface area is 107 Å². The zero-order valence-corrected chi connectivity index (χ0v) is 10.8. The number of ether oxygens (including phenoxy) is 1. The van der Waals surface area contributed by atoms with Crippen molar-refractivity contribution >= 4 is 21.8 Å². The predicted octanol–water partition coefficient (Wildman–Crippen LogP) is 2.35. The van der Waals surface area contributed by atoms with Gasteiger partial charge in [0.05, 0.1) is 11.1 Å². The third-order valence-corrected chi connectivity index (χ3v) is 3.36. The number of carbonyl (C=O) groups excluding carboxylic acids is 1. The highest BCUT2D eigenvalue weighted by atomic mass is 79.9. The Kier molecular flexibility index (Phi) is 4.12. The lowest BCUT2D eigenvalue weighted by molar-refractivity contribution is 0.0945. The van der Waals surface area contributed by atoms with E-state index in [9.17, 15) is 9.18 Å². The van der Waals surface area contributed by atoms with Crippen LogP contribution in [0, 0.1) is 11.7 Å². The molecule has 0 bridgehead atoms. The normalized spacial score (nSPS) is 19.3. The second kappa shape index (κ2) is 5.60. The Morgan fingerprint density at radius 3 is 3.06 bits per heavy atom. The molecule has 1 fully saturated rings. The van der Waals surface area contributed by atoms with E-state index >= 15 is 0 Å². The molecule has 17 heavy (non-hydrogen) atoms. The fraction of sp³-hybridized carbons (Fsp3) is 0.417. The number of carbonyl (C=O) groups is 1. The third kappa shape index (κ3) is 3.26. The molecule has 1 unspecified atom stereocenters. The summed E-state index contributed by atoms with van der Waals surface area (Å²) in [6, 6.07) is 4.23. The van der Waals surface area contributed by atoms with Crippen molar-refractivity contribution in [2.45, 2.75) is 6.42 Å². The lowest BCUT2D eigenvalue weighted by Gasteiger charge is -2.09. The Morgan fingerprint density at radius 2 is 2.41 bits per heavy atom. The van der Waals surface area contributed by atoms with Crippen molar-refractivity contribution in [3.05, 3.63) is 34.1 Å². The van der Waals surface area contributed by atoms with Gasteiger partial charge in [-0.25, -0.2) is 4.39 Å². The second-order valence-electron chi connectivity index (χ2n) is 4.07. The maximum absolute atomic E-state index is 13.0. The van der Waals surface area contributed by atoms with Crippen LogP contribution in [0.25, 0.3) is 0 Å². The van der Waals surface area contributed by atoms with Crippen LogP contribution in [0.15, 0.2) is 22.7 Å². The van der Waals surface area contributed by atoms with E-state index in [0.717, 1.165) is 13.0 Å². The SMILES string of the molecule is O=C(NCC1CCOC1)c1ccc(F)c(Br)c1. The van der Waals surface area contributed by atoms with Gasteiger partial charge in [0.25, 0.3) is 5.91 Å². The number of nitrogens with one attached hydrogen (secondary N) is 1. The van der Waals surface area contributed by atoms with E-state index in [1.807, 2.05) is 0 Å². The van der Waals surface area contributed by atoms with Gasteiger partial charge in [0.15, 0.2) is 0 Å². The Balaban J connectivity index is 1.92. The van der Waals surface area contributed by atoms with Crippen LogP contribution in [-0.4, -0.2) is 25.7 Å². The monoisotopic (exact) mass is 301 g/mol. The summed E-state index contributed by atoms with van der Waals surface area (Å²) in [5.41, 5.74) is 0.456. The fourth-order valence-corrected chi connectivity index (χ4v) is 2.10.